The number of benzene rings is 1. The number of pyridine rings is 1. The van der Waals surface area contributed by atoms with E-state index in [4.69, 9.17) is 0 Å². The predicted octanol–water partition coefficient (Wildman–Crippen LogP) is 3.61. The zero-order valence-corrected chi connectivity index (χ0v) is 9.98. The first-order chi connectivity index (χ1) is 7.27. The molecule has 2 nitrogen and oxygen atoms in total. The summed E-state index contributed by atoms with van der Waals surface area (Å²) in [5.74, 6) is 0. The third kappa shape index (κ3) is 2.36. The Hall–Kier alpha value is -1.35. The molecule has 0 spiro atoms. The number of hydrogen-bond acceptors (Lipinski definition) is 2. The quantitative estimate of drug-likeness (QED) is 0.822. The van der Waals surface area contributed by atoms with Crippen LogP contribution in [-0.2, 0) is 0 Å². The average Bonchev–Trinajstić information content (AvgIpc) is 2.29. The van der Waals surface area contributed by atoms with Crippen LogP contribution in [0.1, 0.15) is 0 Å². The first kappa shape index (κ1) is 10.2. The highest BCUT2D eigenvalue weighted by Gasteiger charge is 2.03. The van der Waals surface area contributed by atoms with E-state index in [9.17, 15) is 0 Å². The van der Waals surface area contributed by atoms with Gasteiger partial charge in [-0.15, -0.1) is 0 Å². The van der Waals surface area contributed by atoms with Crippen LogP contribution in [0.2, 0.25) is 0 Å². The third-order valence-electron chi connectivity index (χ3n) is 2.22. The second-order valence-corrected chi connectivity index (χ2v) is 4.17. The number of para-hydroxylation sites is 1. The van der Waals surface area contributed by atoms with Crippen molar-refractivity contribution in [3.8, 4) is 0 Å². The lowest BCUT2D eigenvalue weighted by molar-refractivity contribution is 1.17. The number of nitrogens with zero attached hydrogens (tertiary/aromatic N) is 2. The number of halogens is 1. The van der Waals surface area contributed by atoms with Gasteiger partial charge in [0.05, 0.1) is 11.9 Å². The van der Waals surface area contributed by atoms with E-state index in [2.05, 4.69) is 37.9 Å². The molecule has 76 valence electrons. The zero-order chi connectivity index (χ0) is 10.7. The highest BCUT2D eigenvalue weighted by Crippen LogP contribution is 2.24. The second-order valence-electron chi connectivity index (χ2n) is 3.26. The van der Waals surface area contributed by atoms with Gasteiger partial charge in [0.15, 0.2) is 0 Å². The Bertz CT molecular complexity index is 442. The summed E-state index contributed by atoms with van der Waals surface area (Å²) in [6.07, 6.45) is 3.63. The van der Waals surface area contributed by atoms with Crippen molar-refractivity contribution in [3.05, 3.63) is 53.3 Å². The van der Waals surface area contributed by atoms with Gasteiger partial charge in [0.1, 0.15) is 0 Å². The minimum atomic E-state index is 0.989. The Labute approximate surface area is 97.7 Å². The van der Waals surface area contributed by atoms with Crippen molar-refractivity contribution in [2.75, 3.05) is 11.9 Å². The summed E-state index contributed by atoms with van der Waals surface area (Å²) in [5, 5.41) is 0. The fraction of sp³-hybridized carbons (Fsp3) is 0.0833. The monoisotopic (exact) mass is 262 g/mol. The van der Waals surface area contributed by atoms with Crippen molar-refractivity contribution < 1.29 is 0 Å². The van der Waals surface area contributed by atoms with E-state index in [1.165, 1.54) is 0 Å². The molecule has 0 aliphatic heterocycles. The van der Waals surface area contributed by atoms with Crippen molar-refractivity contribution in [3.63, 3.8) is 0 Å². The SMILES string of the molecule is CN(c1ccccc1)c1cncc(Br)c1. The van der Waals surface area contributed by atoms with Crippen LogP contribution in [0.3, 0.4) is 0 Å². The molecule has 15 heavy (non-hydrogen) atoms. The topological polar surface area (TPSA) is 16.1 Å². The van der Waals surface area contributed by atoms with Crippen molar-refractivity contribution in [2.24, 2.45) is 0 Å². The van der Waals surface area contributed by atoms with Crippen LogP contribution in [-0.4, -0.2) is 12.0 Å². The van der Waals surface area contributed by atoms with Crippen LogP contribution in [0.15, 0.2) is 53.3 Å². The molecule has 0 fully saturated rings. The lowest BCUT2D eigenvalue weighted by Gasteiger charge is -2.18. The maximum absolute atomic E-state index is 4.14. The largest absolute Gasteiger partial charge is 0.343 e. The lowest BCUT2D eigenvalue weighted by Crippen LogP contribution is -2.09. The van der Waals surface area contributed by atoms with Gasteiger partial charge >= 0.3 is 0 Å². The Morgan fingerprint density at radius 1 is 1.07 bits per heavy atom. The number of hydrogen-bond donors (Lipinski definition) is 0. The van der Waals surface area contributed by atoms with Gasteiger partial charge in [0, 0.05) is 23.4 Å². The van der Waals surface area contributed by atoms with Gasteiger partial charge in [-0.1, -0.05) is 18.2 Å². The molecule has 2 rings (SSSR count). The van der Waals surface area contributed by atoms with Gasteiger partial charge < -0.3 is 4.90 Å². The summed E-state index contributed by atoms with van der Waals surface area (Å²) in [4.78, 5) is 6.24. The summed E-state index contributed by atoms with van der Waals surface area (Å²) >= 11 is 3.41. The molecular formula is C12H11BrN2. The molecule has 1 heterocycles. The van der Waals surface area contributed by atoms with Crippen molar-refractivity contribution in [1.82, 2.24) is 4.98 Å². The molecule has 0 aliphatic rings. The molecule has 0 aliphatic carbocycles. The van der Waals surface area contributed by atoms with Crippen LogP contribution in [0.4, 0.5) is 11.4 Å². The van der Waals surface area contributed by atoms with Crippen LogP contribution in [0.25, 0.3) is 0 Å². The molecular weight excluding hydrogens is 252 g/mol. The predicted molar refractivity (Wildman–Crippen MR) is 66.4 cm³/mol. The number of anilines is 2. The fourth-order valence-corrected chi connectivity index (χ4v) is 1.74. The smallest absolute Gasteiger partial charge is 0.0605 e. The molecule has 0 bridgehead atoms. The maximum atomic E-state index is 4.14. The Balaban J connectivity index is 2.32. The molecule has 3 heteroatoms. The van der Waals surface area contributed by atoms with Gasteiger partial charge in [-0.3, -0.25) is 4.98 Å². The van der Waals surface area contributed by atoms with Gasteiger partial charge in [0.25, 0.3) is 0 Å². The minimum Gasteiger partial charge on any atom is -0.343 e. The molecule has 0 saturated carbocycles. The first-order valence-electron chi connectivity index (χ1n) is 4.67. The van der Waals surface area contributed by atoms with Gasteiger partial charge in [-0.25, -0.2) is 0 Å². The highest BCUT2D eigenvalue weighted by molar-refractivity contribution is 9.10. The van der Waals surface area contributed by atoms with E-state index in [1.54, 1.807) is 6.20 Å². The van der Waals surface area contributed by atoms with Crippen molar-refractivity contribution in [1.29, 1.82) is 0 Å². The molecule has 2 aromatic rings. The fourth-order valence-electron chi connectivity index (χ4n) is 1.38. The Morgan fingerprint density at radius 2 is 1.80 bits per heavy atom. The van der Waals surface area contributed by atoms with Crippen molar-refractivity contribution >= 4 is 27.3 Å². The molecule has 0 atom stereocenters. The van der Waals surface area contributed by atoms with E-state index in [0.29, 0.717) is 0 Å². The molecule has 0 unspecified atom stereocenters. The molecule has 0 N–H and O–H groups in total. The normalized spacial score (nSPS) is 10.0. The van der Waals surface area contributed by atoms with Gasteiger partial charge in [-0.2, -0.15) is 0 Å². The summed E-state index contributed by atoms with van der Waals surface area (Å²) in [6, 6.07) is 12.2. The van der Waals surface area contributed by atoms with Crippen LogP contribution >= 0.6 is 15.9 Å². The van der Waals surface area contributed by atoms with E-state index in [0.717, 1.165) is 15.8 Å². The van der Waals surface area contributed by atoms with E-state index in [-0.39, 0.29) is 0 Å². The van der Waals surface area contributed by atoms with Crippen LogP contribution in [0, 0.1) is 0 Å². The summed E-state index contributed by atoms with van der Waals surface area (Å²) < 4.78 is 0.989. The standard InChI is InChI=1S/C12H11BrN2/c1-15(11-5-3-2-4-6-11)12-7-10(13)8-14-9-12/h2-9H,1H3. The number of aromatic nitrogens is 1. The molecule has 1 aromatic heterocycles. The first-order valence-corrected chi connectivity index (χ1v) is 5.46. The molecule has 0 saturated heterocycles. The summed E-state index contributed by atoms with van der Waals surface area (Å²) in [5.41, 5.74) is 2.22. The lowest BCUT2D eigenvalue weighted by atomic mass is 10.3. The van der Waals surface area contributed by atoms with E-state index >= 15 is 0 Å². The zero-order valence-electron chi connectivity index (χ0n) is 8.39. The minimum absolute atomic E-state index is 0.989. The average molecular weight is 263 g/mol. The van der Waals surface area contributed by atoms with E-state index in [1.807, 2.05) is 37.5 Å². The maximum Gasteiger partial charge on any atom is 0.0605 e. The summed E-state index contributed by atoms with van der Waals surface area (Å²) in [7, 11) is 2.03. The molecule has 0 radical (unpaired) electrons. The van der Waals surface area contributed by atoms with Gasteiger partial charge in [-0.05, 0) is 34.1 Å². The number of rotatable bonds is 2. The second kappa shape index (κ2) is 4.45. The van der Waals surface area contributed by atoms with Gasteiger partial charge in [0.2, 0.25) is 0 Å². The van der Waals surface area contributed by atoms with E-state index < -0.39 is 0 Å². The third-order valence-corrected chi connectivity index (χ3v) is 2.65. The van der Waals surface area contributed by atoms with Crippen LogP contribution < -0.4 is 4.90 Å². The summed E-state index contributed by atoms with van der Waals surface area (Å²) in [6.45, 7) is 0. The Kier molecular flexibility index (Phi) is 3.02. The van der Waals surface area contributed by atoms with Crippen molar-refractivity contribution in [2.45, 2.75) is 0 Å². The molecule has 0 amide bonds. The van der Waals surface area contributed by atoms with Crippen LogP contribution in [0.5, 0.6) is 0 Å². The Morgan fingerprint density at radius 3 is 2.47 bits per heavy atom. The highest BCUT2D eigenvalue weighted by atomic mass is 79.9. The molecule has 1 aromatic carbocycles.